The standard InChI is InChI=1S/C18H14Cl3N3O5/c19-10-6-12(20)17(13(21)7-10)23-16(25)8-29-18(26)9-1-4-14(22-11-2-3-11)15(5-9)24(27)28/h1,4-7,11,22H,2-3,8H2,(H,23,25). The van der Waals surface area contributed by atoms with E-state index in [0.717, 1.165) is 18.9 Å². The Labute approximate surface area is 180 Å². The largest absolute Gasteiger partial charge is 0.452 e. The van der Waals surface area contributed by atoms with Gasteiger partial charge < -0.3 is 15.4 Å². The molecule has 3 rings (SSSR count). The molecule has 11 heteroatoms. The number of esters is 1. The molecule has 0 radical (unpaired) electrons. The zero-order chi connectivity index (χ0) is 21.1. The molecule has 0 atom stereocenters. The van der Waals surface area contributed by atoms with Crippen LogP contribution in [0.3, 0.4) is 0 Å². The number of nitrogens with zero attached hydrogens (tertiary/aromatic N) is 1. The number of nitro groups is 1. The Balaban J connectivity index is 1.63. The first kappa shape index (κ1) is 21.2. The summed E-state index contributed by atoms with van der Waals surface area (Å²) in [7, 11) is 0. The summed E-state index contributed by atoms with van der Waals surface area (Å²) in [5, 5.41) is 17.3. The van der Waals surface area contributed by atoms with Gasteiger partial charge >= 0.3 is 5.97 Å². The first-order chi connectivity index (χ1) is 13.7. The van der Waals surface area contributed by atoms with Crippen molar-refractivity contribution in [2.45, 2.75) is 18.9 Å². The number of nitrogens with one attached hydrogen (secondary N) is 2. The topological polar surface area (TPSA) is 111 Å². The number of halogens is 3. The van der Waals surface area contributed by atoms with Crippen LogP contribution < -0.4 is 10.6 Å². The summed E-state index contributed by atoms with van der Waals surface area (Å²) in [4.78, 5) is 34.9. The van der Waals surface area contributed by atoms with Gasteiger partial charge in [0.05, 0.1) is 26.2 Å². The highest BCUT2D eigenvalue weighted by Gasteiger charge is 2.26. The molecule has 1 fully saturated rings. The maximum absolute atomic E-state index is 12.2. The van der Waals surface area contributed by atoms with Crippen molar-refractivity contribution >= 4 is 63.7 Å². The quantitative estimate of drug-likeness (QED) is 0.346. The fraction of sp³-hybridized carbons (Fsp3) is 0.222. The molecule has 1 aliphatic carbocycles. The van der Waals surface area contributed by atoms with Crippen LogP contribution >= 0.6 is 34.8 Å². The molecule has 0 spiro atoms. The van der Waals surface area contributed by atoms with Crippen LogP contribution in [0.4, 0.5) is 17.1 Å². The van der Waals surface area contributed by atoms with Crippen LogP contribution in [0, 0.1) is 10.1 Å². The van der Waals surface area contributed by atoms with Gasteiger partial charge in [-0.2, -0.15) is 0 Å². The number of rotatable bonds is 7. The van der Waals surface area contributed by atoms with Crippen molar-refractivity contribution in [1.82, 2.24) is 0 Å². The summed E-state index contributed by atoms with van der Waals surface area (Å²) < 4.78 is 4.93. The monoisotopic (exact) mass is 457 g/mol. The highest BCUT2D eigenvalue weighted by Crippen LogP contribution is 2.34. The lowest BCUT2D eigenvalue weighted by Crippen LogP contribution is -2.21. The second kappa shape index (κ2) is 8.86. The molecule has 2 N–H and O–H groups in total. The number of nitro benzene ring substituents is 1. The zero-order valence-corrected chi connectivity index (χ0v) is 17.0. The van der Waals surface area contributed by atoms with Gasteiger partial charge in [-0.1, -0.05) is 34.8 Å². The average molecular weight is 459 g/mol. The van der Waals surface area contributed by atoms with Gasteiger partial charge in [-0.15, -0.1) is 0 Å². The van der Waals surface area contributed by atoms with Gasteiger partial charge in [-0.25, -0.2) is 4.79 Å². The molecule has 1 saturated carbocycles. The molecular weight excluding hydrogens is 445 g/mol. The van der Waals surface area contributed by atoms with E-state index in [0.29, 0.717) is 10.7 Å². The van der Waals surface area contributed by atoms with Gasteiger partial charge in [0.1, 0.15) is 5.69 Å². The number of benzene rings is 2. The van der Waals surface area contributed by atoms with Crippen molar-refractivity contribution in [3.8, 4) is 0 Å². The third kappa shape index (κ3) is 5.50. The van der Waals surface area contributed by atoms with Crippen molar-refractivity contribution in [1.29, 1.82) is 0 Å². The molecule has 2 aromatic rings. The van der Waals surface area contributed by atoms with E-state index in [1.54, 1.807) is 0 Å². The molecule has 0 aromatic heterocycles. The molecular formula is C18H14Cl3N3O5. The molecule has 152 valence electrons. The Kier molecular flexibility index (Phi) is 6.46. The molecule has 1 aliphatic rings. The molecule has 0 unspecified atom stereocenters. The molecule has 2 aromatic carbocycles. The van der Waals surface area contributed by atoms with E-state index in [1.807, 2.05) is 0 Å². The van der Waals surface area contributed by atoms with Crippen molar-refractivity contribution < 1.29 is 19.2 Å². The molecule has 0 saturated heterocycles. The van der Waals surface area contributed by atoms with Gasteiger partial charge in [0.15, 0.2) is 6.61 Å². The van der Waals surface area contributed by atoms with Crippen LogP contribution in [0.1, 0.15) is 23.2 Å². The molecule has 0 bridgehead atoms. The van der Waals surface area contributed by atoms with Crippen molar-refractivity contribution in [2.24, 2.45) is 0 Å². The van der Waals surface area contributed by atoms with E-state index in [1.165, 1.54) is 24.3 Å². The second-order valence-corrected chi connectivity index (χ2v) is 7.53. The third-order valence-corrected chi connectivity index (χ3v) is 4.79. The van der Waals surface area contributed by atoms with E-state index >= 15 is 0 Å². The number of carbonyl (C=O) groups excluding carboxylic acids is 2. The van der Waals surface area contributed by atoms with Crippen LogP contribution in [-0.4, -0.2) is 29.4 Å². The highest BCUT2D eigenvalue weighted by molar-refractivity contribution is 6.42. The minimum atomic E-state index is -0.880. The summed E-state index contributed by atoms with van der Waals surface area (Å²) in [5.74, 6) is -1.57. The van der Waals surface area contributed by atoms with Gasteiger partial charge in [-0.3, -0.25) is 14.9 Å². The molecule has 0 heterocycles. The third-order valence-electron chi connectivity index (χ3n) is 3.97. The highest BCUT2D eigenvalue weighted by atomic mass is 35.5. The predicted molar refractivity (Wildman–Crippen MR) is 110 cm³/mol. The lowest BCUT2D eigenvalue weighted by molar-refractivity contribution is -0.384. The van der Waals surface area contributed by atoms with Crippen LogP contribution in [0.2, 0.25) is 15.1 Å². The normalized spacial score (nSPS) is 12.9. The Bertz CT molecular complexity index is 972. The first-order valence-corrected chi connectivity index (χ1v) is 9.54. The fourth-order valence-electron chi connectivity index (χ4n) is 2.43. The zero-order valence-electron chi connectivity index (χ0n) is 14.7. The number of hydrogen-bond acceptors (Lipinski definition) is 6. The minimum absolute atomic E-state index is 0.0478. The molecule has 0 aliphatic heterocycles. The van der Waals surface area contributed by atoms with Crippen LogP contribution in [0.5, 0.6) is 0 Å². The number of carbonyl (C=O) groups is 2. The number of anilines is 2. The second-order valence-electron chi connectivity index (χ2n) is 6.28. The summed E-state index contributed by atoms with van der Waals surface area (Å²) in [6, 6.07) is 6.95. The summed E-state index contributed by atoms with van der Waals surface area (Å²) >= 11 is 17.8. The number of amides is 1. The Morgan fingerprint density at radius 3 is 2.38 bits per heavy atom. The SMILES string of the molecule is O=C(COC(=O)c1ccc(NC2CC2)c([N+](=O)[O-])c1)Nc1c(Cl)cc(Cl)cc1Cl. The molecule has 8 nitrogen and oxygen atoms in total. The number of hydrogen-bond donors (Lipinski definition) is 2. The van der Waals surface area contributed by atoms with E-state index in [-0.39, 0.29) is 33.0 Å². The van der Waals surface area contributed by atoms with E-state index in [2.05, 4.69) is 10.6 Å². The summed E-state index contributed by atoms with van der Waals surface area (Å²) in [6.45, 7) is -0.635. The lowest BCUT2D eigenvalue weighted by Gasteiger charge is -2.11. The minimum Gasteiger partial charge on any atom is -0.452 e. The van der Waals surface area contributed by atoms with E-state index in [4.69, 9.17) is 39.5 Å². The van der Waals surface area contributed by atoms with Gasteiger partial charge in [0.2, 0.25) is 0 Å². The predicted octanol–water partition coefficient (Wildman–Crippen LogP) is 4.92. The summed E-state index contributed by atoms with van der Waals surface area (Å²) in [6.07, 6.45) is 1.88. The smallest absolute Gasteiger partial charge is 0.338 e. The first-order valence-electron chi connectivity index (χ1n) is 8.41. The van der Waals surface area contributed by atoms with E-state index < -0.39 is 23.4 Å². The average Bonchev–Trinajstić information content (AvgIpc) is 3.46. The Hall–Kier alpha value is -2.55. The number of ether oxygens (including phenoxy) is 1. The van der Waals surface area contributed by atoms with Crippen molar-refractivity contribution in [3.05, 3.63) is 61.1 Å². The van der Waals surface area contributed by atoms with Crippen LogP contribution in [-0.2, 0) is 9.53 Å². The van der Waals surface area contributed by atoms with Gasteiger partial charge in [0.25, 0.3) is 11.6 Å². The van der Waals surface area contributed by atoms with E-state index in [9.17, 15) is 19.7 Å². The Morgan fingerprint density at radius 2 is 1.79 bits per heavy atom. The van der Waals surface area contributed by atoms with Crippen LogP contribution in [0.15, 0.2) is 30.3 Å². The van der Waals surface area contributed by atoms with Crippen molar-refractivity contribution in [3.63, 3.8) is 0 Å². The molecule has 29 heavy (non-hydrogen) atoms. The maximum Gasteiger partial charge on any atom is 0.338 e. The summed E-state index contributed by atoms with van der Waals surface area (Å²) in [5.41, 5.74) is 0.174. The lowest BCUT2D eigenvalue weighted by atomic mass is 10.1. The van der Waals surface area contributed by atoms with Gasteiger partial charge in [-0.05, 0) is 37.1 Å². The van der Waals surface area contributed by atoms with Crippen LogP contribution in [0.25, 0.3) is 0 Å². The van der Waals surface area contributed by atoms with Crippen molar-refractivity contribution in [2.75, 3.05) is 17.2 Å². The fourth-order valence-corrected chi connectivity index (χ4v) is 3.34. The van der Waals surface area contributed by atoms with Gasteiger partial charge in [0, 0.05) is 17.1 Å². The molecule has 1 amide bonds. The Morgan fingerprint density at radius 1 is 1.14 bits per heavy atom. The maximum atomic E-state index is 12.2.